The summed E-state index contributed by atoms with van der Waals surface area (Å²) in [7, 11) is 0. The Morgan fingerprint density at radius 1 is 0.900 bits per heavy atom. The van der Waals surface area contributed by atoms with Crippen molar-refractivity contribution in [3.8, 4) is 0 Å². The number of aliphatic imine (C=N–C) groups is 1. The van der Waals surface area contributed by atoms with Gasteiger partial charge in [-0.1, -0.05) is 50.6 Å². The van der Waals surface area contributed by atoms with E-state index < -0.39 is 59.7 Å². The number of carboxylic acid groups (broad SMARTS) is 1. The highest BCUT2D eigenvalue weighted by Gasteiger charge is 2.32. The Hall–Kier alpha value is -4.20. The summed E-state index contributed by atoms with van der Waals surface area (Å²) in [6.45, 7) is 3.73. The quantitative estimate of drug-likeness (QED) is 0.0585. The van der Waals surface area contributed by atoms with Crippen LogP contribution in [0.5, 0.6) is 0 Å². The van der Waals surface area contributed by atoms with Crippen LogP contribution >= 0.6 is 0 Å². The smallest absolute Gasteiger partial charge is 0.326 e. The van der Waals surface area contributed by atoms with Crippen LogP contribution in [0.4, 0.5) is 0 Å². The molecule has 14 nitrogen and oxygen atoms in total. The minimum Gasteiger partial charge on any atom is -0.480 e. The molecular weight excluding hydrogens is 520 g/mol. The Labute approximate surface area is 233 Å². The molecule has 0 aromatic heterocycles. The highest BCUT2D eigenvalue weighted by Crippen LogP contribution is 2.10. The molecule has 0 fully saturated rings. The second-order valence-electron chi connectivity index (χ2n) is 9.58. The second kappa shape index (κ2) is 17.4. The van der Waals surface area contributed by atoms with Crippen LogP contribution in [0.2, 0.25) is 0 Å². The molecule has 222 valence electrons. The molecule has 12 N–H and O–H groups in total. The average Bonchev–Trinajstić information content (AvgIpc) is 2.90. The summed E-state index contributed by atoms with van der Waals surface area (Å²) in [5.74, 6) is -4.51. The van der Waals surface area contributed by atoms with Gasteiger partial charge in [-0.2, -0.15) is 0 Å². The van der Waals surface area contributed by atoms with Crippen LogP contribution in [0.25, 0.3) is 0 Å². The van der Waals surface area contributed by atoms with Crippen LogP contribution in [0.3, 0.4) is 0 Å². The molecular formula is C26H42N8O6. The molecule has 5 unspecified atom stereocenters. The number of primary amides is 1. The van der Waals surface area contributed by atoms with Gasteiger partial charge in [0.25, 0.3) is 0 Å². The van der Waals surface area contributed by atoms with E-state index in [9.17, 15) is 29.1 Å². The van der Waals surface area contributed by atoms with Crippen molar-refractivity contribution in [1.29, 1.82) is 0 Å². The van der Waals surface area contributed by atoms with Crippen molar-refractivity contribution in [2.24, 2.45) is 33.8 Å². The maximum absolute atomic E-state index is 13.4. The van der Waals surface area contributed by atoms with E-state index in [0.29, 0.717) is 12.8 Å². The third-order valence-corrected chi connectivity index (χ3v) is 6.31. The number of nitrogens with one attached hydrogen (secondary N) is 3. The summed E-state index contributed by atoms with van der Waals surface area (Å²) in [4.78, 5) is 66.3. The maximum Gasteiger partial charge on any atom is 0.326 e. The number of carbonyl (C=O) groups excluding carboxylic acids is 4. The van der Waals surface area contributed by atoms with Crippen LogP contribution in [0.15, 0.2) is 35.3 Å². The van der Waals surface area contributed by atoms with Crippen LogP contribution in [0.1, 0.15) is 51.5 Å². The predicted molar refractivity (Wildman–Crippen MR) is 149 cm³/mol. The fourth-order valence-corrected chi connectivity index (χ4v) is 3.75. The van der Waals surface area contributed by atoms with Crippen molar-refractivity contribution < 1.29 is 29.1 Å². The third kappa shape index (κ3) is 12.6. The maximum atomic E-state index is 13.4. The van der Waals surface area contributed by atoms with E-state index in [1.807, 2.05) is 0 Å². The third-order valence-electron chi connectivity index (χ3n) is 6.31. The molecule has 0 saturated carbocycles. The Bertz CT molecular complexity index is 1030. The Morgan fingerprint density at radius 3 is 2.05 bits per heavy atom. The first-order valence-electron chi connectivity index (χ1n) is 13.1. The first-order valence-corrected chi connectivity index (χ1v) is 13.1. The van der Waals surface area contributed by atoms with Gasteiger partial charge in [-0.25, -0.2) is 4.79 Å². The summed E-state index contributed by atoms with van der Waals surface area (Å²) in [5, 5.41) is 17.2. The molecule has 4 amide bonds. The lowest BCUT2D eigenvalue weighted by molar-refractivity contribution is -0.144. The van der Waals surface area contributed by atoms with Gasteiger partial charge in [-0.15, -0.1) is 0 Å². The van der Waals surface area contributed by atoms with Crippen molar-refractivity contribution in [2.75, 3.05) is 6.54 Å². The van der Waals surface area contributed by atoms with Crippen LogP contribution < -0.4 is 38.9 Å². The molecule has 0 radical (unpaired) electrons. The molecule has 14 heteroatoms. The molecule has 0 aliphatic heterocycles. The summed E-state index contributed by atoms with van der Waals surface area (Å²) in [6, 6.07) is 4.29. The number of hydrogen-bond acceptors (Lipinski definition) is 7. The topological polar surface area (TPSA) is 258 Å². The van der Waals surface area contributed by atoms with Crippen molar-refractivity contribution in [2.45, 2.75) is 76.5 Å². The lowest BCUT2D eigenvalue weighted by Gasteiger charge is -2.26. The number of hydrogen-bond donors (Lipinski definition) is 8. The van der Waals surface area contributed by atoms with Gasteiger partial charge < -0.3 is 44.0 Å². The Balaban J connectivity index is 3.10. The highest BCUT2D eigenvalue weighted by molar-refractivity contribution is 5.94. The molecule has 0 saturated heterocycles. The summed E-state index contributed by atoms with van der Waals surface area (Å²) in [5.41, 5.74) is 22.6. The number of carbonyl (C=O) groups is 5. The minimum atomic E-state index is -1.28. The van der Waals surface area contributed by atoms with Gasteiger partial charge in [0.05, 0.1) is 6.04 Å². The van der Waals surface area contributed by atoms with Crippen molar-refractivity contribution >= 4 is 35.6 Å². The molecule has 1 aromatic rings. The van der Waals surface area contributed by atoms with Gasteiger partial charge in [-0.05, 0) is 30.7 Å². The van der Waals surface area contributed by atoms with Gasteiger partial charge in [0.15, 0.2) is 5.96 Å². The summed E-state index contributed by atoms with van der Waals surface area (Å²) < 4.78 is 0. The molecule has 0 aliphatic rings. The standard InChI is InChI=1S/C26H42N8O6/c1-3-15(2)21(25(39)40)34-23(37)18(11-12-20(28)35)32-24(38)19(14-16-8-5-4-6-9-16)33-22(36)17(27)10-7-13-31-26(29)30/h4-6,8-9,15,17-19,21H,3,7,10-14,27H2,1-2H3,(H2,28,35)(H,32,38)(H,33,36)(H,34,37)(H,39,40)(H4,29,30,31). The molecule has 1 rings (SSSR count). The molecule has 0 spiro atoms. The zero-order chi connectivity index (χ0) is 30.2. The molecule has 1 aromatic carbocycles. The predicted octanol–water partition coefficient (Wildman–Crippen LogP) is -1.54. The van der Waals surface area contributed by atoms with Crippen LogP contribution in [-0.4, -0.2) is 71.4 Å². The molecule has 5 atom stereocenters. The lowest BCUT2D eigenvalue weighted by atomic mass is 9.98. The molecule has 0 bridgehead atoms. The monoisotopic (exact) mass is 562 g/mol. The fraction of sp³-hybridized carbons (Fsp3) is 0.538. The van der Waals surface area contributed by atoms with Crippen molar-refractivity contribution in [3.63, 3.8) is 0 Å². The normalized spacial score (nSPS) is 14.5. The van der Waals surface area contributed by atoms with Crippen molar-refractivity contribution in [1.82, 2.24) is 16.0 Å². The van der Waals surface area contributed by atoms with Crippen LogP contribution in [-0.2, 0) is 30.4 Å². The molecule has 0 heterocycles. The Kier molecular flexibility index (Phi) is 14.7. The fourth-order valence-electron chi connectivity index (χ4n) is 3.75. The first-order chi connectivity index (χ1) is 18.8. The van der Waals surface area contributed by atoms with E-state index in [0.717, 1.165) is 5.56 Å². The average molecular weight is 563 g/mol. The first kappa shape index (κ1) is 33.8. The molecule has 0 aliphatic carbocycles. The largest absolute Gasteiger partial charge is 0.480 e. The van der Waals surface area contributed by atoms with E-state index in [1.54, 1.807) is 44.2 Å². The van der Waals surface area contributed by atoms with E-state index in [2.05, 4.69) is 20.9 Å². The number of nitrogens with zero attached hydrogens (tertiary/aromatic N) is 1. The van der Waals surface area contributed by atoms with Gasteiger partial charge in [0, 0.05) is 19.4 Å². The highest BCUT2D eigenvalue weighted by atomic mass is 16.4. The minimum absolute atomic E-state index is 0.0773. The number of amides is 4. The zero-order valence-corrected chi connectivity index (χ0v) is 23.0. The van der Waals surface area contributed by atoms with E-state index in [1.165, 1.54) is 0 Å². The van der Waals surface area contributed by atoms with E-state index in [4.69, 9.17) is 22.9 Å². The number of guanidine groups is 1. The molecule has 40 heavy (non-hydrogen) atoms. The van der Waals surface area contributed by atoms with Gasteiger partial charge >= 0.3 is 5.97 Å². The van der Waals surface area contributed by atoms with Gasteiger partial charge in [0.2, 0.25) is 23.6 Å². The number of rotatable bonds is 18. The van der Waals surface area contributed by atoms with E-state index >= 15 is 0 Å². The second-order valence-corrected chi connectivity index (χ2v) is 9.58. The number of nitrogens with two attached hydrogens (primary N) is 4. The van der Waals surface area contributed by atoms with Crippen LogP contribution in [0, 0.1) is 5.92 Å². The van der Waals surface area contributed by atoms with Crippen molar-refractivity contribution in [3.05, 3.63) is 35.9 Å². The van der Waals surface area contributed by atoms with E-state index in [-0.39, 0.29) is 38.2 Å². The summed E-state index contributed by atoms with van der Waals surface area (Å²) >= 11 is 0. The Morgan fingerprint density at radius 2 is 1.50 bits per heavy atom. The lowest BCUT2D eigenvalue weighted by Crippen LogP contribution is -2.58. The SMILES string of the molecule is CCC(C)C(NC(=O)C(CCC(N)=O)NC(=O)C(Cc1ccccc1)NC(=O)C(N)CCCN=C(N)N)C(=O)O. The number of carboxylic acids is 1. The number of benzene rings is 1. The van der Waals surface area contributed by atoms with Gasteiger partial charge in [-0.3, -0.25) is 24.2 Å². The summed E-state index contributed by atoms with van der Waals surface area (Å²) in [6.07, 6.45) is 0.823. The van der Waals surface area contributed by atoms with Gasteiger partial charge in [0.1, 0.15) is 18.1 Å². The number of aliphatic carboxylic acids is 1. The zero-order valence-electron chi connectivity index (χ0n) is 23.0.